The number of nitrogens with zero attached hydrogens (tertiary/aromatic N) is 5. The summed E-state index contributed by atoms with van der Waals surface area (Å²) in [5, 5.41) is 4.02. The van der Waals surface area contributed by atoms with Crippen molar-refractivity contribution < 1.29 is 22.4 Å². The predicted octanol–water partition coefficient (Wildman–Crippen LogP) is 4.57. The van der Waals surface area contributed by atoms with E-state index in [0.717, 1.165) is 10.6 Å². The number of carbonyl (C=O) groups excluding carboxylic acids is 1. The Morgan fingerprint density at radius 2 is 1.71 bits per heavy atom. The Bertz CT molecular complexity index is 1370. The summed E-state index contributed by atoms with van der Waals surface area (Å²) in [4.78, 5) is 21.3. The summed E-state index contributed by atoms with van der Waals surface area (Å²) in [6.07, 6.45) is -1.54. The summed E-state index contributed by atoms with van der Waals surface area (Å²) >= 11 is 0. The maximum absolute atomic E-state index is 14.0. The Morgan fingerprint density at radius 1 is 0.971 bits per heavy atom. The predicted molar refractivity (Wildman–Crippen MR) is 121 cm³/mol. The first-order valence-electron chi connectivity index (χ1n) is 11.1. The van der Waals surface area contributed by atoms with Gasteiger partial charge in [-0.05, 0) is 12.1 Å². The summed E-state index contributed by atoms with van der Waals surface area (Å²) in [6.45, 7) is 1.81. The number of piperazine rings is 1. The Morgan fingerprint density at radius 3 is 2.43 bits per heavy atom. The number of rotatable bonds is 5. The molecule has 0 atom stereocenters. The van der Waals surface area contributed by atoms with Crippen LogP contribution in [0, 0.1) is 11.6 Å². The normalized spacial score (nSPS) is 14.7. The number of halogens is 4. The lowest BCUT2D eigenvalue weighted by molar-refractivity contribution is 0.0628. The van der Waals surface area contributed by atoms with Gasteiger partial charge in [-0.2, -0.15) is 5.10 Å². The van der Waals surface area contributed by atoms with Crippen LogP contribution in [0.2, 0.25) is 0 Å². The van der Waals surface area contributed by atoms with Crippen molar-refractivity contribution in [2.75, 3.05) is 26.2 Å². The van der Waals surface area contributed by atoms with Gasteiger partial charge in [-0.3, -0.25) is 9.69 Å². The van der Waals surface area contributed by atoms with E-state index in [1.54, 1.807) is 29.2 Å². The highest BCUT2D eigenvalue weighted by molar-refractivity contribution is 6.00. The van der Waals surface area contributed by atoms with Crippen LogP contribution in [-0.2, 0) is 6.54 Å². The van der Waals surface area contributed by atoms with Crippen LogP contribution < -0.4 is 0 Å². The quantitative estimate of drug-likeness (QED) is 0.391. The molecule has 1 fully saturated rings. The minimum atomic E-state index is -2.81. The van der Waals surface area contributed by atoms with Gasteiger partial charge < -0.3 is 4.90 Å². The van der Waals surface area contributed by atoms with Gasteiger partial charge in [0.05, 0.1) is 11.9 Å². The molecule has 1 saturated heterocycles. The summed E-state index contributed by atoms with van der Waals surface area (Å²) in [5.74, 6) is -2.13. The third-order valence-corrected chi connectivity index (χ3v) is 6.11. The standard InChI is InChI=1S/C25H21F4N5O/c26-19-8-4-7-17(22(19)27)15-32-9-11-33(12-10-32)25(35)18-14-30-34-21(23(28)29)13-20(31-24(18)34)16-5-2-1-3-6-16/h1-8,13-14,23H,9-12,15H2. The fourth-order valence-electron chi connectivity index (χ4n) is 4.24. The molecule has 5 rings (SSSR count). The van der Waals surface area contributed by atoms with Crippen LogP contribution >= 0.6 is 0 Å². The van der Waals surface area contributed by atoms with Gasteiger partial charge in [-0.25, -0.2) is 27.1 Å². The van der Waals surface area contributed by atoms with E-state index in [1.165, 1.54) is 24.4 Å². The second-order valence-corrected chi connectivity index (χ2v) is 8.31. The average molecular weight is 483 g/mol. The Hall–Kier alpha value is -3.79. The minimum Gasteiger partial charge on any atom is -0.336 e. The van der Waals surface area contributed by atoms with Crippen LogP contribution in [0.25, 0.3) is 16.9 Å². The van der Waals surface area contributed by atoms with Crippen molar-refractivity contribution >= 4 is 11.6 Å². The molecule has 1 aliphatic heterocycles. The van der Waals surface area contributed by atoms with Crippen LogP contribution in [-0.4, -0.2) is 56.5 Å². The largest absolute Gasteiger partial charge is 0.336 e. The number of benzene rings is 2. The molecular weight excluding hydrogens is 462 g/mol. The molecule has 1 aliphatic rings. The molecule has 2 aromatic heterocycles. The molecule has 10 heteroatoms. The number of aromatic nitrogens is 3. The summed E-state index contributed by atoms with van der Waals surface area (Å²) in [6, 6.07) is 14.2. The molecule has 3 heterocycles. The molecule has 4 aromatic rings. The van der Waals surface area contributed by atoms with Crippen LogP contribution in [0.5, 0.6) is 0 Å². The summed E-state index contributed by atoms with van der Waals surface area (Å²) < 4.78 is 56.1. The van der Waals surface area contributed by atoms with Gasteiger partial charge in [0.2, 0.25) is 0 Å². The topological polar surface area (TPSA) is 53.7 Å². The number of carbonyl (C=O) groups is 1. The van der Waals surface area contributed by atoms with Crippen molar-refractivity contribution in [2.24, 2.45) is 0 Å². The Kier molecular flexibility index (Phi) is 6.21. The van der Waals surface area contributed by atoms with Crippen molar-refractivity contribution in [1.82, 2.24) is 24.4 Å². The molecule has 0 unspecified atom stereocenters. The van der Waals surface area contributed by atoms with Crippen molar-refractivity contribution in [3.05, 3.63) is 89.2 Å². The molecular formula is C25H21F4N5O. The highest BCUT2D eigenvalue weighted by atomic mass is 19.3. The van der Waals surface area contributed by atoms with E-state index in [0.29, 0.717) is 37.4 Å². The average Bonchev–Trinajstić information content (AvgIpc) is 3.30. The Labute approximate surface area is 198 Å². The van der Waals surface area contributed by atoms with Gasteiger partial charge in [0, 0.05) is 43.9 Å². The molecule has 0 aliphatic carbocycles. The lowest BCUT2D eigenvalue weighted by Crippen LogP contribution is -2.48. The second kappa shape index (κ2) is 9.46. The molecule has 35 heavy (non-hydrogen) atoms. The SMILES string of the molecule is O=C(c1cnn2c(C(F)F)cc(-c3ccccc3)nc12)N1CCN(Cc2cccc(F)c2F)CC1. The molecule has 0 N–H and O–H groups in total. The van der Waals surface area contributed by atoms with Crippen LogP contribution in [0.1, 0.15) is 28.0 Å². The van der Waals surface area contributed by atoms with Gasteiger partial charge in [0.25, 0.3) is 12.3 Å². The van der Waals surface area contributed by atoms with E-state index in [1.807, 2.05) is 11.0 Å². The Balaban J connectivity index is 1.37. The maximum Gasteiger partial charge on any atom is 0.280 e. The molecule has 0 spiro atoms. The zero-order valence-corrected chi connectivity index (χ0v) is 18.5. The van der Waals surface area contributed by atoms with Gasteiger partial charge in [-0.15, -0.1) is 0 Å². The number of amides is 1. The molecule has 180 valence electrons. The molecule has 0 bridgehead atoms. The summed E-state index contributed by atoms with van der Waals surface area (Å²) in [7, 11) is 0. The zero-order valence-electron chi connectivity index (χ0n) is 18.5. The fourth-order valence-corrected chi connectivity index (χ4v) is 4.24. The van der Waals surface area contributed by atoms with E-state index in [-0.39, 0.29) is 34.9 Å². The molecule has 6 nitrogen and oxygen atoms in total. The van der Waals surface area contributed by atoms with Gasteiger partial charge in [-0.1, -0.05) is 42.5 Å². The van der Waals surface area contributed by atoms with E-state index < -0.39 is 18.1 Å². The first-order valence-corrected chi connectivity index (χ1v) is 11.1. The third-order valence-electron chi connectivity index (χ3n) is 6.11. The van der Waals surface area contributed by atoms with Crippen molar-refractivity contribution in [3.8, 4) is 11.3 Å². The minimum absolute atomic E-state index is 0.0657. The van der Waals surface area contributed by atoms with Crippen LogP contribution in [0.15, 0.2) is 60.8 Å². The number of alkyl halides is 2. The number of fused-ring (bicyclic) bond motifs is 1. The van der Waals surface area contributed by atoms with Gasteiger partial charge >= 0.3 is 0 Å². The molecule has 0 saturated carbocycles. The maximum atomic E-state index is 14.0. The smallest absolute Gasteiger partial charge is 0.280 e. The van der Waals surface area contributed by atoms with E-state index in [4.69, 9.17) is 0 Å². The molecule has 0 radical (unpaired) electrons. The van der Waals surface area contributed by atoms with E-state index in [9.17, 15) is 22.4 Å². The molecule has 2 aromatic carbocycles. The first-order chi connectivity index (χ1) is 16.9. The van der Waals surface area contributed by atoms with E-state index >= 15 is 0 Å². The number of hydrogen-bond acceptors (Lipinski definition) is 4. The van der Waals surface area contributed by atoms with Crippen molar-refractivity contribution in [3.63, 3.8) is 0 Å². The monoisotopic (exact) mass is 483 g/mol. The third kappa shape index (κ3) is 4.49. The fraction of sp³-hybridized carbons (Fsp3) is 0.240. The summed E-state index contributed by atoms with van der Waals surface area (Å²) in [5.41, 5.74) is 1.07. The lowest BCUT2D eigenvalue weighted by atomic mass is 10.1. The van der Waals surface area contributed by atoms with Crippen LogP contribution in [0.3, 0.4) is 0 Å². The first kappa shape index (κ1) is 23.0. The van der Waals surface area contributed by atoms with E-state index in [2.05, 4.69) is 10.1 Å². The second-order valence-electron chi connectivity index (χ2n) is 8.31. The lowest BCUT2D eigenvalue weighted by Gasteiger charge is -2.34. The zero-order chi connectivity index (χ0) is 24.5. The van der Waals surface area contributed by atoms with Crippen LogP contribution in [0.4, 0.5) is 17.6 Å². The highest BCUT2D eigenvalue weighted by Gasteiger charge is 2.27. The van der Waals surface area contributed by atoms with Crippen molar-refractivity contribution in [2.45, 2.75) is 13.0 Å². The molecule has 1 amide bonds. The van der Waals surface area contributed by atoms with Gasteiger partial charge in [0.1, 0.15) is 11.3 Å². The van der Waals surface area contributed by atoms with Crippen molar-refractivity contribution in [1.29, 1.82) is 0 Å². The van der Waals surface area contributed by atoms with Gasteiger partial charge in [0.15, 0.2) is 17.3 Å². The number of hydrogen-bond donors (Lipinski definition) is 0. The highest BCUT2D eigenvalue weighted by Crippen LogP contribution is 2.27.